The Morgan fingerprint density at radius 2 is 1.21 bits per heavy atom. The molecule has 1 aliphatic rings. The Kier molecular flexibility index (Phi) is 6.43. The first kappa shape index (κ1) is 27.9. The third-order valence-corrected chi connectivity index (χ3v) is 10.6. The largest absolute Gasteiger partial charge is 0.456 e. The van der Waals surface area contributed by atoms with Gasteiger partial charge in [0.15, 0.2) is 0 Å². The van der Waals surface area contributed by atoms with E-state index in [-0.39, 0.29) is 5.41 Å². The Morgan fingerprint density at radius 3 is 2.06 bits per heavy atom. The van der Waals surface area contributed by atoms with Crippen molar-refractivity contribution in [3.8, 4) is 22.3 Å². The summed E-state index contributed by atoms with van der Waals surface area (Å²) in [5, 5.41) is 5.03. The summed E-state index contributed by atoms with van der Waals surface area (Å²) < 4.78 is 6.29. The van der Waals surface area contributed by atoms with Gasteiger partial charge >= 0.3 is 0 Å². The second-order valence-electron chi connectivity index (χ2n) is 13.7. The Bertz CT molecular complexity index is 2420. The molecule has 1 heterocycles. The number of hydrogen-bond acceptors (Lipinski definition) is 1. The van der Waals surface area contributed by atoms with Crippen LogP contribution in [0.5, 0.6) is 0 Å². The van der Waals surface area contributed by atoms with E-state index in [2.05, 4.69) is 159 Å². The molecule has 0 fully saturated rings. The first-order chi connectivity index (χ1) is 23.0. The van der Waals surface area contributed by atoms with Gasteiger partial charge < -0.3 is 4.42 Å². The molecule has 0 saturated heterocycles. The molecule has 1 aliphatic carbocycles. The minimum Gasteiger partial charge on any atom is -0.456 e. The molecule has 0 bridgehead atoms. The molecule has 1 heteroatoms. The minimum atomic E-state index is -0.0908. The fraction of sp³-hybridized carbons (Fsp3) is 0.130. The minimum absolute atomic E-state index is 0.0908. The first-order valence-corrected chi connectivity index (χ1v) is 16.7. The summed E-state index contributed by atoms with van der Waals surface area (Å²) in [5.41, 5.74) is 13.9. The summed E-state index contributed by atoms with van der Waals surface area (Å²) in [4.78, 5) is 0. The number of furan rings is 1. The van der Waals surface area contributed by atoms with Crippen LogP contribution in [0.15, 0.2) is 156 Å². The number of fused-ring (bicyclic) bond motifs is 7. The Labute approximate surface area is 276 Å². The van der Waals surface area contributed by atoms with Crippen LogP contribution in [-0.4, -0.2) is 0 Å². The lowest BCUT2D eigenvalue weighted by molar-refractivity contribution is 0.647. The quantitative estimate of drug-likeness (QED) is 0.184. The molecule has 1 nitrogen and oxygen atoms in total. The Balaban J connectivity index is 1.09. The van der Waals surface area contributed by atoms with Gasteiger partial charge in [-0.05, 0) is 104 Å². The molecule has 0 aliphatic heterocycles. The van der Waals surface area contributed by atoms with Crippen molar-refractivity contribution in [3.05, 3.63) is 179 Å². The van der Waals surface area contributed by atoms with Gasteiger partial charge in [-0.15, -0.1) is 0 Å². The SMILES string of the molecule is CC1(C)c2ccc(-c3ccc(C(Cc4ccccc4)Cc4cccc5ccccc45)cc3)cc2-c2cc3c(cc21)oc1ccccc13. The fourth-order valence-corrected chi connectivity index (χ4v) is 8.04. The van der Waals surface area contributed by atoms with Gasteiger partial charge in [0.1, 0.15) is 11.2 Å². The number of rotatable bonds is 6. The fourth-order valence-electron chi connectivity index (χ4n) is 8.04. The van der Waals surface area contributed by atoms with Crippen molar-refractivity contribution in [2.75, 3.05) is 0 Å². The van der Waals surface area contributed by atoms with Crippen LogP contribution in [0.3, 0.4) is 0 Å². The highest BCUT2D eigenvalue weighted by atomic mass is 16.3. The van der Waals surface area contributed by atoms with Gasteiger partial charge in [0, 0.05) is 16.2 Å². The molecule has 1 unspecified atom stereocenters. The maximum Gasteiger partial charge on any atom is 0.135 e. The molecule has 0 spiro atoms. The molecule has 47 heavy (non-hydrogen) atoms. The highest BCUT2D eigenvalue weighted by Gasteiger charge is 2.36. The van der Waals surface area contributed by atoms with Gasteiger partial charge in [-0.3, -0.25) is 0 Å². The van der Waals surface area contributed by atoms with Crippen LogP contribution in [0.4, 0.5) is 0 Å². The molecule has 226 valence electrons. The molecule has 8 aromatic rings. The van der Waals surface area contributed by atoms with Crippen LogP contribution in [0.2, 0.25) is 0 Å². The zero-order valence-electron chi connectivity index (χ0n) is 26.8. The monoisotopic (exact) mass is 604 g/mol. The summed E-state index contributed by atoms with van der Waals surface area (Å²) in [7, 11) is 0. The van der Waals surface area contributed by atoms with Crippen LogP contribution < -0.4 is 0 Å². The van der Waals surface area contributed by atoms with Crippen molar-refractivity contribution in [2.24, 2.45) is 0 Å². The second kappa shape index (κ2) is 10.9. The van der Waals surface area contributed by atoms with Gasteiger partial charge in [0.2, 0.25) is 0 Å². The lowest BCUT2D eigenvalue weighted by Crippen LogP contribution is -2.14. The normalized spacial score (nSPS) is 14.0. The van der Waals surface area contributed by atoms with Gasteiger partial charge in [-0.25, -0.2) is 0 Å². The van der Waals surface area contributed by atoms with Gasteiger partial charge in [-0.2, -0.15) is 0 Å². The number of hydrogen-bond donors (Lipinski definition) is 0. The standard InChI is InChI=1S/C46H36O/c1-46(2)42-24-23-34(27-39(42)40-28-41-38-17-8-9-18-44(38)47-45(41)29-43(40)46)31-19-21-32(22-20-31)36(25-30-11-4-3-5-12-30)26-35-15-10-14-33-13-6-7-16-37(33)35/h3-24,27-29,36H,25-26H2,1-2H3. The molecule has 0 radical (unpaired) electrons. The van der Waals surface area contributed by atoms with Gasteiger partial charge in [-0.1, -0.05) is 141 Å². The Hall–Kier alpha value is -5.40. The van der Waals surface area contributed by atoms with Crippen LogP contribution in [-0.2, 0) is 18.3 Å². The van der Waals surface area contributed by atoms with E-state index in [0.717, 1.165) is 24.0 Å². The first-order valence-electron chi connectivity index (χ1n) is 16.7. The van der Waals surface area contributed by atoms with E-state index < -0.39 is 0 Å². The van der Waals surface area contributed by atoms with Crippen LogP contribution >= 0.6 is 0 Å². The second-order valence-corrected chi connectivity index (χ2v) is 13.7. The zero-order chi connectivity index (χ0) is 31.5. The van der Waals surface area contributed by atoms with E-state index >= 15 is 0 Å². The maximum absolute atomic E-state index is 6.29. The lowest BCUT2D eigenvalue weighted by atomic mass is 9.82. The highest BCUT2D eigenvalue weighted by Crippen LogP contribution is 2.51. The third kappa shape index (κ3) is 4.69. The van der Waals surface area contributed by atoms with E-state index in [0.29, 0.717) is 5.92 Å². The van der Waals surface area contributed by atoms with Gasteiger partial charge in [0.05, 0.1) is 0 Å². The lowest BCUT2D eigenvalue weighted by Gasteiger charge is -2.21. The van der Waals surface area contributed by atoms with Crippen LogP contribution in [0.1, 0.15) is 47.6 Å². The average molecular weight is 605 g/mol. The number of benzene rings is 7. The predicted molar refractivity (Wildman–Crippen MR) is 197 cm³/mol. The summed E-state index contributed by atoms with van der Waals surface area (Å²) in [5.74, 6) is 0.372. The molecule has 9 rings (SSSR count). The summed E-state index contributed by atoms with van der Waals surface area (Å²) in [6.07, 6.45) is 2.00. The summed E-state index contributed by atoms with van der Waals surface area (Å²) >= 11 is 0. The molecule has 0 N–H and O–H groups in total. The molecule has 0 amide bonds. The molecular weight excluding hydrogens is 569 g/mol. The van der Waals surface area contributed by atoms with E-state index in [1.54, 1.807) is 0 Å². The van der Waals surface area contributed by atoms with Crippen molar-refractivity contribution in [1.82, 2.24) is 0 Å². The number of para-hydroxylation sites is 1. The Morgan fingerprint density at radius 1 is 0.511 bits per heavy atom. The van der Waals surface area contributed by atoms with Crippen molar-refractivity contribution >= 4 is 32.7 Å². The van der Waals surface area contributed by atoms with Crippen molar-refractivity contribution in [1.29, 1.82) is 0 Å². The molecule has 1 aromatic heterocycles. The maximum atomic E-state index is 6.29. The molecule has 7 aromatic carbocycles. The summed E-state index contributed by atoms with van der Waals surface area (Å²) in [6.45, 7) is 4.67. The molecule has 1 atom stereocenters. The van der Waals surface area contributed by atoms with E-state index in [4.69, 9.17) is 4.42 Å². The van der Waals surface area contributed by atoms with Crippen LogP contribution in [0.25, 0.3) is 55.0 Å². The van der Waals surface area contributed by atoms with Crippen LogP contribution in [0, 0.1) is 0 Å². The van der Waals surface area contributed by atoms with E-state index in [1.807, 2.05) is 6.07 Å². The van der Waals surface area contributed by atoms with E-state index in [9.17, 15) is 0 Å². The van der Waals surface area contributed by atoms with Crippen molar-refractivity contribution in [3.63, 3.8) is 0 Å². The van der Waals surface area contributed by atoms with E-state index in [1.165, 1.54) is 71.6 Å². The topological polar surface area (TPSA) is 13.1 Å². The predicted octanol–water partition coefficient (Wildman–Crippen LogP) is 12.3. The molecular formula is C46H36O. The smallest absolute Gasteiger partial charge is 0.135 e. The summed E-state index contributed by atoms with van der Waals surface area (Å²) in [6, 6.07) is 55.9. The molecule has 0 saturated carbocycles. The van der Waals surface area contributed by atoms with Crippen molar-refractivity contribution < 1.29 is 4.42 Å². The van der Waals surface area contributed by atoms with Crippen molar-refractivity contribution in [2.45, 2.75) is 38.0 Å². The van der Waals surface area contributed by atoms with Gasteiger partial charge in [0.25, 0.3) is 0 Å². The highest BCUT2D eigenvalue weighted by molar-refractivity contribution is 6.07. The zero-order valence-corrected chi connectivity index (χ0v) is 26.8. The third-order valence-electron chi connectivity index (χ3n) is 10.6. The average Bonchev–Trinajstić information content (AvgIpc) is 3.59.